The molecule has 0 saturated heterocycles. The second kappa shape index (κ2) is 15.7. The van der Waals surface area contributed by atoms with Gasteiger partial charge in [-0.2, -0.15) is 23.5 Å². The van der Waals surface area contributed by atoms with Gasteiger partial charge in [-0.15, -0.1) is 0 Å². The molecule has 0 fully saturated rings. The van der Waals surface area contributed by atoms with Crippen molar-refractivity contribution in [1.82, 2.24) is 16.0 Å². The lowest BCUT2D eigenvalue weighted by Gasteiger charge is -2.24. The maximum Gasteiger partial charge on any atom is 0.328 e. The zero-order chi connectivity index (χ0) is 24.0. The van der Waals surface area contributed by atoms with E-state index in [0.29, 0.717) is 17.9 Å². The third-order valence-electron chi connectivity index (χ3n) is 4.05. The van der Waals surface area contributed by atoms with Crippen LogP contribution >= 0.6 is 23.5 Å². The number of nitrogens with two attached hydrogens (primary N) is 2. The number of amides is 4. The van der Waals surface area contributed by atoms with Gasteiger partial charge in [0.1, 0.15) is 18.1 Å². The van der Waals surface area contributed by atoms with Crippen LogP contribution in [0.5, 0.6) is 0 Å². The number of carboxylic acids is 1. The fourth-order valence-corrected chi connectivity index (χ4v) is 3.26. The lowest BCUT2D eigenvalue weighted by atomic mass is 10.1. The summed E-state index contributed by atoms with van der Waals surface area (Å²) in [5.41, 5.74) is 10.9. The topological polar surface area (TPSA) is 214 Å². The van der Waals surface area contributed by atoms with Gasteiger partial charge in [0.2, 0.25) is 23.6 Å². The second-order valence-electron chi connectivity index (χ2n) is 6.54. The smallest absolute Gasteiger partial charge is 0.328 e. The van der Waals surface area contributed by atoms with Gasteiger partial charge in [0.15, 0.2) is 0 Å². The van der Waals surface area contributed by atoms with Crippen LogP contribution in [0.4, 0.5) is 0 Å². The fourth-order valence-electron chi connectivity index (χ4n) is 2.30. The molecule has 4 atom stereocenters. The van der Waals surface area contributed by atoms with E-state index in [1.807, 2.05) is 6.26 Å². The standard InChI is InChI=1S/C17H31N5O7S2/c1-30-5-3-9(18)14(25)21-11(7-13(19)24)16(27)20-10(4-6-31-2)15(26)22-12(8-23)17(28)29/h9-12,23H,3-8,18H2,1-2H3,(H2,19,24)(H,20,27)(H,21,25)(H,22,26)(H,28,29). The number of rotatable bonds is 16. The van der Waals surface area contributed by atoms with E-state index in [4.69, 9.17) is 21.7 Å². The average molecular weight is 482 g/mol. The van der Waals surface area contributed by atoms with Crippen molar-refractivity contribution >= 4 is 53.1 Å². The summed E-state index contributed by atoms with van der Waals surface area (Å²) in [5, 5.41) is 25.0. The van der Waals surface area contributed by atoms with Crippen molar-refractivity contribution in [1.29, 1.82) is 0 Å². The van der Waals surface area contributed by atoms with Gasteiger partial charge in [-0.1, -0.05) is 0 Å². The number of primary amides is 1. The molecule has 0 aromatic carbocycles. The SMILES string of the molecule is CSCCC(N)C(=O)NC(CC(N)=O)C(=O)NC(CCSC)C(=O)NC(CO)C(=O)O. The van der Waals surface area contributed by atoms with E-state index in [0.717, 1.165) is 0 Å². The van der Waals surface area contributed by atoms with Crippen LogP contribution in [0.15, 0.2) is 0 Å². The summed E-state index contributed by atoms with van der Waals surface area (Å²) < 4.78 is 0. The Morgan fingerprint density at radius 2 is 1.32 bits per heavy atom. The molecule has 0 heterocycles. The first-order valence-electron chi connectivity index (χ1n) is 9.33. The molecule has 0 aliphatic rings. The van der Waals surface area contributed by atoms with Gasteiger partial charge in [0.25, 0.3) is 0 Å². The Labute approximate surface area is 189 Å². The Balaban J connectivity index is 5.33. The molecular formula is C17H31N5O7S2. The first-order chi connectivity index (χ1) is 14.6. The highest BCUT2D eigenvalue weighted by molar-refractivity contribution is 7.98. The highest BCUT2D eigenvalue weighted by Gasteiger charge is 2.30. The van der Waals surface area contributed by atoms with Crippen molar-refractivity contribution in [2.75, 3.05) is 30.6 Å². The normalized spacial score (nSPS) is 14.6. The monoisotopic (exact) mass is 481 g/mol. The highest BCUT2D eigenvalue weighted by Crippen LogP contribution is 2.05. The first-order valence-corrected chi connectivity index (χ1v) is 12.1. The van der Waals surface area contributed by atoms with Crippen LogP contribution in [-0.2, 0) is 24.0 Å². The molecule has 12 nitrogen and oxygen atoms in total. The summed E-state index contributed by atoms with van der Waals surface area (Å²) >= 11 is 2.88. The Morgan fingerprint density at radius 3 is 1.81 bits per heavy atom. The zero-order valence-corrected chi connectivity index (χ0v) is 19.1. The fraction of sp³-hybridized carbons (Fsp3) is 0.706. The average Bonchev–Trinajstić information content (AvgIpc) is 2.71. The Hall–Kier alpha value is -2.03. The van der Waals surface area contributed by atoms with Gasteiger partial charge >= 0.3 is 5.97 Å². The quantitative estimate of drug-likeness (QED) is 0.120. The lowest BCUT2D eigenvalue weighted by Crippen LogP contribution is -2.58. The van der Waals surface area contributed by atoms with Crippen LogP contribution < -0.4 is 27.4 Å². The Bertz CT molecular complexity index is 638. The van der Waals surface area contributed by atoms with E-state index < -0.39 is 66.8 Å². The van der Waals surface area contributed by atoms with E-state index in [1.54, 1.807) is 6.26 Å². The van der Waals surface area contributed by atoms with Crippen molar-refractivity contribution in [3.63, 3.8) is 0 Å². The molecule has 4 amide bonds. The molecule has 31 heavy (non-hydrogen) atoms. The van der Waals surface area contributed by atoms with Crippen LogP contribution in [0, 0.1) is 0 Å². The number of aliphatic hydroxyl groups is 1. The number of carbonyl (C=O) groups is 5. The van der Waals surface area contributed by atoms with Crippen LogP contribution in [-0.4, -0.2) is 94.6 Å². The lowest BCUT2D eigenvalue weighted by molar-refractivity contribution is -0.143. The van der Waals surface area contributed by atoms with Crippen LogP contribution in [0.2, 0.25) is 0 Å². The molecule has 178 valence electrons. The molecule has 0 aromatic rings. The molecule has 0 bridgehead atoms. The van der Waals surface area contributed by atoms with Gasteiger partial charge < -0.3 is 37.6 Å². The number of aliphatic carboxylic acids is 1. The molecule has 14 heteroatoms. The van der Waals surface area contributed by atoms with Crippen LogP contribution in [0.25, 0.3) is 0 Å². The molecule has 0 aliphatic carbocycles. The summed E-state index contributed by atoms with van der Waals surface area (Å²) in [5.74, 6) is -3.55. The van der Waals surface area contributed by atoms with E-state index in [9.17, 15) is 24.0 Å². The third kappa shape index (κ3) is 11.8. The van der Waals surface area contributed by atoms with Crippen LogP contribution in [0.1, 0.15) is 19.3 Å². The first kappa shape index (κ1) is 29.0. The van der Waals surface area contributed by atoms with Crippen molar-refractivity contribution in [2.24, 2.45) is 11.5 Å². The number of aliphatic hydroxyl groups excluding tert-OH is 1. The maximum absolute atomic E-state index is 12.7. The third-order valence-corrected chi connectivity index (χ3v) is 5.34. The highest BCUT2D eigenvalue weighted by atomic mass is 32.2. The molecule has 0 spiro atoms. The van der Waals surface area contributed by atoms with Crippen LogP contribution in [0.3, 0.4) is 0 Å². The molecule has 9 N–H and O–H groups in total. The summed E-state index contributed by atoms with van der Waals surface area (Å²) in [6, 6.07) is -4.96. The number of carbonyl (C=O) groups excluding carboxylic acids is 4. The van der Waals surface area contributed by atoms with Crippen molar-refractivity contribution < 1.29 is 34.2 Å². The van der Waals surface area contributed by atoms with E-state index in [-0.39, 0.29) is 6.42 Å². The molecular weight excluding hydrogens is 450 g/mol. The van der Waals surface area contributed by atoms with Gasteiger partial charge in [-0.05, 0) is 36.9 Å². The molecule has 0 radical (unpaired) electrons. The predicted molar refractivity (Wildman–Crippen MR) is 118 cm³/mol. The number of thioether (sulfide) groups is 2. The number of nitrogens with one attached hydrogen (secondary N) is 3. The maximum atomic E-state index is 12.7. The van der Waals surface area contributed by atoms with Gasteiger partial charge in [-0.25, -0.2) is 4.79 Å². The van der Waals surface area contributed by atoms with Crippen molar-refractivity contribution in [3.05, 3.63) is 0 Å². The second-order valence-corrected chi connectivity index (χ2v) is 8.52. The van der Waals surface area contributed by atoms with Crippen molar-refractivity contribution in [2.45, 2.75) is 43.4 Å². The minimum Gasteiger partial charge on any atom is -0.480 e. The van der Waals surface area contributed by atoms with Gasteiger partial charge in [-0.3, -0.25) is 19.2 Å². The summed E-state index contributed by atoms with van der Waals surface area (Å²) in [4.78, 5) is 59.8. The summed E-state index contributed by atoms with van der Waals surface area (Å²) in [6.07, 6.45) is 3.60. The number of hydrogen-bond acceptors (Lipinski definition) is 9. The Morgan fingerprint density at radius 1 is 0.839 bits per heavy atom. The molecule has 0 aromatic heterocycles. The van der Waals surface area contributed by atoms with E-state index >= 15 is 0 Å². The summed E-state index contributed by atoms with van der Waals surface area (Å²) in [7, 11) is 0. The minimum absolute atomic E-state index is 0.140. The van der Waals surface area contributed by atoms with E-state index in [2.05, 4.69) is 16.0 Å². The largest absolute Gasteiger partial charge is 0.480 e. The molecule has 0 rings (SSSR count). The van der Waals surface area contributed by atoms with E-state index in [1.165, 1.54) is 23.5 Å². The number of hydrogen-bond donors (Lipinski definition) is 7. The summed E-state index contributed by atoms with van der Waals surface area (Å²) in [6.45, 7) is -0.835. The Kier molecular flexibility index (Phi) is 14.7. The van der Waals surface area contributed by atoms with Crippen molar-refractivity contribution in [3.8, 4) is 0 Å². The zero-order valence-electron chi connectivity index (χ0n) is 17.5. The molecule has 4 unspecified atom stereocenters. The molecule has 0 saturated carbocycles. The molecule has 0 aliphatic heterocycles. The number of carboxylic acid groups (broad SMARTS) is 1. The minimum atomic E-state index is -1.54. The van der Waals surface area contributed by atoms with Gasteiger partial charge in [0.05, 0.1) is 19.1 Å². The van der Waals surface area contributed by atoms with Gasteiger partial charge in [0, 0.05) is 0 Å². The predicted octanol–water partition coefficient (Wildman–Crippen LogP) is -2.77.